The summed E-state index contributed by atoms with van der Waals surface area (Å²) in [5, 5.41) is 7.53. The topological polar surface area (TPSA) is 79.9 Å². The maximum absolute atomic E-state index is 13.3. The number of rotatable bonds is 7. The summed E-state index contributed by atoms with van der Waals surface area (Å²) in [4.78, 5) is 29.7. The molecule has 0 radical (unpaired) electrons. The van der Waals surface area contributed by atoms with Gasteiger partial charge in [0.25, 0.3) is 5.91 Å². The Morgan fingerprint density at radius 1 is 1.05 bits per heavy atom. The normalized spacial score (nSPS) is 16.4. The maximum atomic E-state index is 13.3. The van der Waals surface area contributed by atoms with Crippen LogP contribution in [0.1, 0.15) is 55.4 Å². The van der Waals surface area contributed by atoms with Crippen molar-refractivity contribution in [3.05, 3.63) is 110 Å². The molecule has 2 aliphatic heterocycles. The van der Waals surface area contributed by atoms with Crippen molar-refractivity contribution >= 4 is 44.1 Å². The maximum Gasteiger partial charge on any atom is 0.343 e. The van der Waals surface area contributed by atoms with E-state index in [0.717, 1.165) is 52.2 Å². The van der Waals surface area contributed by atoms with E-state index in [9.17, 15) is 9.59 Å². The number of carbonyl (C=O) groups excluding carboxylic acids is 2. The predicted molar refractivity (Wildman–Crippen MR) is 159 cm³/mol. The third-order valence-corrected chi connectivity index (χ3v) is 8.72. The van der Waals surface area contributed by atoms with E-state index in [1.165, 1.54) is 10.4 Å². The number of anilines is 1. The van der Waals surface area contributed by atoms with Gasteiger partial charge in [-0.3, -0.25) is 9.69 Å². The number of hydrogen-bond donors (Lipinski definition) is 2. The zero-order valence-corrected chi connectivity index (χ0v) is 24.3. The number of ether oxygens (including phenoxy) is 2. The summed E-state index contributed by atoms with van der Waals surface area (Å²) in [6.45, 7) is 4.91. The molecule has 1 amide bonds. The molecule has 1 unspecified atom stereocenters. The summed E-state index contributed by atoms with van der Waals surface area (Å²) in [5.41, 5.74) is 4.45. The fourth-order valence-corrected chi connectivity index (χ4v) is 6.69. The molecular formula is C31H28BrN3O4S. The average Bonchev–Trinajstić information content (AvgIpc) is 3.33. The molecule has 4 aromatic rings. The molecule has 1 atom stereocenters. The SMILES string of the molecule is CCOc1cc(C2NC(=O)c3c(sc4c3CCN(Cc3ccccc3)C4)N2)ccc1OC(=O)c1ccc(Br)cc1. The summed E-state index contributed by atoms with van der Waals surface area (Å²) in [6.07, 6.45) is 0.414. The van der Waals surface area contributed by atoms with Crippen LogP contribution >= 0.6 is 27.3 Å². The first-order valence-corrected chi connectivity index (χ1v) is 14.8. The van der Waals surface area contributed by atoms with Crippen LogP contribution in [-0.4, -0.2) is 29.9 Å². The zero-order chi connectivity index (χ0) is 27.6. The second-order valence-electron chi connectivity index (χ2n) is 9.74. The van der Waals surface area contributed by atoms with Gasteiger partial charge in [-0.1, -0.05) is 52.3 Å². The van der Waals surface area contributed by atoms with E-state index in [4.69, 9.17) is 9.47 Å². The second kappa shape index (κ2) is 11.4. The molecule has 7 nitrogen and oxygen atoms in total. The van der Waals surface area contributed by atoms with Gasteiger partial charge in [0.1, 0.15) is 11.2 Å². The van der Waals surface area contributed by atoms with Crippen LogP contribution in [0.2, 0.25) is 0 Å². The highest BCUT2D eigenvalue weighted by Gasteiger charge is 2.33. The van der Waals surface area contributed by atoms with Crippen molar-refractivity contribution in [1.29, 1.82) is 0 Å². The highest BCUT2D eigenvalue weighted by atomic mass is 79.9. The van der Waals surface area contributed by atoms with Crippen molar-refractivity contribution < 1.29 is 19.1 Å². The minimum absolute atomic E-state index is 0.0727. The molecule has 0 fully saturated rings. The second-order valence-corrected chi connectivity index (χ2v) is 11.8. The number of hydrogen-bond acceptors (Lipinski definition) is 7. The molecule has 3 aromatic carbocycles. The third-order valence-electron chi connectivity index (χ3n) is 7.05. The predicted octanol–water partition coefficient (Wildman–Crippen LogP) is 6.54. The van der Waals surface area contributed by atoms with Gasteiger partial charge in [0.2, 0.25) is 0 Å². The van der Waals surface area contributed by atoms with E-state index >= 15 is 0 Å². The van der Waals surface area contributed by atoms with Crippen LogP contribution in [0.5, 0.6) is 11.5 Å². The van der Waals surface area contributed by atoms with Gasteiger partial charge in [0, 0.05) is 29.0 Å². The quantitative estimate of drug-likeness (QED) is 0.181. The number of amides is 1. The Morgan fingerprint density at radius 3 is 2.62 bits per heavy atom. The molecule has 0 aliphatic carbocycles. The van der Waals surface area contributed by atoms with Crippen molar-refractivity contribution in [2.75, 3.05) is 18.5 Å². The molecule has 0 saturated heterocycles. The molecule has 0 spiro atoms. The number of benzene rings is 3. The zero-order valence-electron chi connectivity index (χ0n) is 21.9. The molecule has 40 heavy (non-hydrogen) atoms. The number of fused-ring (bicyclic) bond motifs is 3. The molecule has 204 valence electrons. The summed E-state index contributed by atoms with van der Waals surface area (Å²) in [6, 6.07) is 22.8. The molecule has 2 aliphatic rings. The standard InChI is InChI=1S/C31H28BrN3O4S/c1-2-38-25-16-21(10-13-24(25)39-31(37)20-8-11-22(32)12-9-20)28-33-29(36)27-23-14-15-35(17-19-6-4-3-5-7-19)18-26(23)40-30(27)34-28/h3-13,16,28,34H,2,14-15,17-18H2,1H3,(H,33,36). The smallest absolute Gasteiger partial charge is 0.343 e. The van der Waals surface area contributed by atoms with Crippen molar-refractivity contribution in [1.82, 2.24) is 10.2 Å². The van der Waals surface area contributed by atoms with Gasteiger partial charge >= 0.3 is 5.97 Å². The third kappa shape index (κ3) is 5.50. The Labute approximate surface area is 245 Å². The van der Waals surface area contributed by atoms with Gasteiger partial charge in [0.15, 0.2) is 11.5 Å². The van der Waals surface area contributed by atoms with E-state index in [1.54, 1.807) is 41.7 Å². The summed E-state index contributed by atoms with van der Waals surface area (Å²) < 4.78 is 12.4. The first kappa shape index (κ1) is 26.6. The van der Waals surface area contributed by atoms with Gasteiger partial charge in [-0.15, -0.1) is 11.3 Å². The highest BCUT2D eigenvalue weighted by Crippen LogP contribution is 2.42. The molecule has 0 saturated carbocycles. The Kier molecular flexibility index (Phi) is 7.60. The summed E-state index contributed by atoms with van der Waals surface area (Å²) in [7, 11) is 0. The molecule has 9 heteroatoms. The molecule has 0 bridgehead atoms. The van der Waals surface area contributed by atoms with Gasteiger partial charge in [0.05, 0.1) is 17.7 Å². The molecule has 3 heterocycles. The Morgan fingerprint density at radius 2 is 1.85 bits per heavy atom. The van der Waals surface area contributed by atoms with Crippen LogP contribution in [0.15, 0.2) is 77.3 Å². The number of carbonyl (C=O) groups is 2. The van der Waals surface area contributed by atoms with E-state index in [0.29, 0.717) is 23.7 Å². The van der Waals surface area contributed by atoms with Gasteiger partial charge in [-0.25, -0.2) is 4.79 Å². The number of halogens is 1. The number of esters is 1. The molecular weight excluding hydrogens is 590 g/mol. The lowest BCUT2D eigenvalue weighted by Gasteiger charge is -2.29. The van der Waals surface area contributed by atoms with Crippen molar-refractivity contribution in [2.24, 2.45) is 0 Å². The van der Waals surface area contributed by atoms with Crippen LogP contribution in [0.25, 0.3) is 0 Å². The summed E-state index contributed by atoms with van der Waals surface area (Å²) >= 11 is 5.04. The van der Waals surface area contributed by atoms with E-state index < -0.39 is 12.1 Å². The van der Waals surface area contributed by atoms with Gasteiger partial charge in [-0.2, -0.15) is 0 Å². The fourth-order valence-electron chi connectivity index (χ4n) is 5.11. The fraction of sp³-hybridized carbons (Fsp3) is 0.226. The molecule has 2 N–H and O–H groups in total. The number of nitrogens with zero attached hydrogens (tertiary/aromatic N) is 1. The Balaban J connectivity index is 1.20. The monoisotopic (exact) mass is 617 g/mol. The first-order chi connectivity index (χ1) is 19.5. The van der Waals surface area contributed by atoms with E-state index in [2.05, 4.69) is 55.7 Å². The molecule has 6 rings (SSSR count). The first-order valence-electron chi connectivity index (χ1n) is 13.2. The highest BCUT2D eigenvalue weighted by molar-refractivity contribution is 9.10. The van der Waals surface area contributed by atoms with E-state index in [1.807, 2.05) is 25.1 Å². The van der Waals surface area contributed by atoms with Crippen LogP contribution in [0.3, 0.4) is 0 Å². The van der Waals surface area contributed by atoms with Crippen molar-refractivity contribution in [3.63, 3.8) is 0 Å². The minimum atomic E-state index is -0.472. The van der Waals surface area contributed by atoms with Crippen LogP contribution in [-0.2, 0) is 19.5 Å². The average molecular weight is 619 g/mol. The largest absolute Gasteiger partial charge is 0.490 e. The van der Waals surface area contributed by atoms with Gasteiger partial charge in [-0.05, 0) is 66.4 Å². The number of nitrogens with one attached hydrogen (secondary N) is 2. The lowest BCUT2D eigenvalue weighted by molar-refractivity contribution is 0.0728. The van der Waals surface area contributed by atoms with E-state index in [-0.39, 0.29) is 5.91 Å². The van der Waals surface area contributed by atoms with Crippen LogP contribution in [0, 0.1) is 0 Å². The van der Waals surface area contributed by atoms with Crippen molar-refractivity contribution in [2.45, 2.75) is 32.6 Å². The van der Waals surface area contributed by atoms with Crippen molar-refractivity contribution in [3.8, 4) is 11.5 Å². The Bertz CT molecular complexity index is 1560. The lowest BCUT2D eigenvalue weighted by atomic mass is 10.00. The van der Waals surface area contributed by atoms with Crippen LogP contribution < -0.4 is 20.1 Å². The van der Waals surface area contributed by atoms with Crippen LogP contribution in [0.4, 0.5) is 5.00 Å². The minimum Gasteiger partial charge on any atom is -0.490 e. The Hall–Kier alpha value is -3.66. The van der Waals surface area contributed by atoms with Gasteiger partial charge < -0.3 is 20.1 Å². The molecule has 1 aromatic heterocycles. The number of thiophene rings is 1. The lowest BCUT2D eigenvalue weighted by Crippen LogP contribution is -2.38. The summed E-state index contributed by atoms with van der Waals surface area (Å²) in [5.74, 6) is 0.220.